The van der Waals surface area contributed by atoms with Gasteiger partial charge < -0.3 is 15.3 Å². The number of alkyl halides is 3. The molecule has 0 radical (unpaired) electrons. The highest BCUT2D eigenvalue weighted by atomic mass is 19.4. The van der Waals surface area contributed by atoms with Crippen molar-refractivity contribution in [1.82, 2.24) is 10.2 Å². The van der Waals surface area contributed by atoms with Crippen LogP contribution in [0, 0.1) is 11.2 Å². The van der Waals surface area contributed by atoms with Gasteiger partial charge in [0.15, 0.2) is 0 Å². The minimum absolute atomic E-state index is 0.183. The van der Waals surface area contributed by atoms with E-state index in [1.165, 1.54) is 4.90 Å². The maximum atomic E-state index is 13.4. The Hall–Kier alpha value is -1.83. The molecule has 0 saturated carbocycles. The lowest BCUT2D eigenvalue weighted by atomic mass is 9.82. The number of hydrogen-bond donors (Lipinski definition) is 2. The van der Waals surface area contributed by atoms with Crippen LogP contribution in [0.1, 0.15) is 38.3 Å². The summed E-state index contributed by atoms with van der Waals surface area (Å²) in [5, 5.41) is 12.3. The molecule has 8 heteroatoms. The minimum Gasteiger partial charge on any atom is -0.465 e. The third kappa shape index (κ3) is 4.42. The summed E-state index contributed by atoms with van der Waals surface area (Å²) in [5.41, 5.74) is -1.46. The van der Waals surface area contributed by atoms with Crippen molar-refractivity contribution in [2.75, 3.05) is 6.54 Å². The average molecular weight is 362 g/mol. The third-order valence-corrected chi connectivity index (χ3v) is 4.46. The first-order valence-corrected chi connectivity index (χ1v) is 8.00. The summed E-state index contributed by atoms with van der Waals surface area (Å²) in [6, 6.07) is 1.69. The lowest BCUT2D eigenvalue weighted by molar-refractivity contribution is -0.138. The highest BCUT2D eigenvalue weighted by molar-refractivity contribution is 5.66. The van der Waals surface area contributed by atoms with E-state index in [2.05, 4.69) is 5.32 Å². The van der Waals surface area contributed by atoms with Gasteiger partial charge in [-0.15, -0.1) is 0 Å². The second-order valence-corrected chi connectivity index (χ2v) is 7.36. The van der Waals surface area contributed by atoms with Gasteiger partial charge in [0.2, 0.25) is 0 Å². The van der Waals surface area contributed by atoms with Crippen molar-refractivity contribution in [3.8, 4) is 0 Å². The monoisotopic (exact) mass is 362 g/mol. The molecule has 0 spiro atoms. The molecule has 1 amide bonds. The fourth-order valence-electron chi connectivity index (χ4n) is 3.52. The molecule has 2 rings (SSSR count). The first kappa shape index (κ1) is 19.5. The SMILES string of the molecule is CC(C)(C)C1[C@@H](NCc2cc(F)ccc2C(F)(F)F)CCN1C(=O)O. The maximum Gasteiger partial charge on any atom is 0.416 e. The van der Waals surface area contributed by atoms with Crippen LogP contribution in [-0.4, -0.2) is 34.7 Å². The number of rotatable bonds is 3. The molecule has 0 bridgehead atoms. The minimum atomic E-state index is -4.57. The fraction of sp³-hybridized carbons (Fsp3) is 0.588. The zero-order valence-electron chi connectivity index (χ0n) is 14.3. The van der Waals surface area contributed by atoms with E-state index in [0.717, 1.165) is 18.2 Å². The van der Waals surface area contributed by atoms with Gasteiger partial charge in [-0.2, -0.15) is 13.2 Å². The molecule has 1 saturated heterocycles. The van der Waals surface area contributed by atoms with Gasteiger partial charge in [0.25, 0.3) is 0 Å². The van der Waals surface area contributed by atoms with Gasteiger partial charge in [0.1, 0.15) is 5.82 Å². The summed E-state index contributed by atoms with van der Waals surface area (Å²) < 4.78 is 52.6. The Bertz CT molecular complexity index is 641. The van der Waals surface area contributed by atoms with E-state index < -0.39 is 23.7 Å². The van der Waals surface area contributed by atoms with E-state index in [4.69, 9.17) is 0 Å². The molecular formula is C17H22F4N2O2. The first-order valence-electron chi connectivity index (χ1n) is 8.00. The number of carbonyl (C=O) groups is 1. The zero-order chi connectivity index (χ0) is 19.0. The number of hydrogen-bond acceptors (Lipinski definition) is 2. The Kier molecular flexibility index (Phi) is 5.32. The van der Waals surface area contributed by atoms with Crippen LogP contribution in [-0.2, 0) is 12.7 Å². The van der Waals surface area contributed by atoms with Gasteiger partial charge in [-0.3, -0.25) is 0 Å². The Morgan fingerprint density at radius 3 is 2.48 bits per heavy atom. The van der Waals surface area contributed by atoms with Gasteiger partial charge in [-0.1, -0.05) is 20.8 Å². The van der Waals surface area contributed by atoms with Gasteiger partial charge in [-0.25, -0.2) is 9.18 Å². The van der Waals surface area contributed by atoms with E-state index in [0.29, 0.717) is 13.0 Å². The van der Waals surface area contributed by atoms with Gasteiger partial charge >= 0.3 is 12.3 Å². The molecule has 2 atom stereocenters. The van der Waals surface area contributed by atoms with E-state index >= 15 is 0 Å². The largest absolute Gasteiger partial charge is 0.465 e. The summed E-state index contributed by atoms with van der Waals surface area (Å²) in [6.07, 6.45) is -5.13. The highest BCUT2D eigenvalue weighted by Crippen LogP contribution is 2.35. The average Bonchev–Trinajstić information content (AvgIpc) is 2.88. The van der Waals surface area contributed by atoms with Crippen molar-refractivity contribution in [2.45, 2.75) is 52.0 Å². The lowest BCUT2D eigenvalue weighted by Crippen LogP contribution is -2.51. The standard InChI is InChI=1S/C17H22F4N2O2/c1-16(2,3)14-13(6-7-23(14)15(24)25)22-9-10-8-11(18)4-5-12(10)17(19,20)21/h4-5,8,13-14,22H,6-7,9H2,1-3H3,(H,24,25)/t13-,14?/m0/s1. The van der Waals surface area contributed by atoms with E-state index in [1.807, 2.05) is 20.8 Å². The molecule has 4 nitrogen and oxygen atoms in total. The Labute approximate surface area is 143 Å². The Morgan fingerprint density at radius 1 is 1.32 bits per heavy atom. The molecular weight excluding hydrogens is 340 g/mol. The van der Waals surface area contributed by atoms with Crippen molar-refractivity contribution >= 4 is 6.09 Å². The van der Waals surface area contributed by atoms with Gasteiger partial charge in [0.05, 0.1) is 11.6 Å². The molecule has 25 heavy (non-hydrogen) atoms. The molecule has 1 fully saturated rings. The number of nitrogens with zero attached hydrogens (tertiary/aromatic N) is 1. The smallest absolute Gasteiger partial charge is 0.416 e. The number of likely N-dealkylation sites (tertiary alicyclic amines) is 1. The molecule has 1 aliphatic rings. The molecule has 1 aromatic carbocycles. The van der Waals surface area contributed by atoms with Crippen LogP contribution in [0.4, 0.5) is 22.4 Å². The summed E-state index contributed by atoms with van der Waals surface area (Å²) in [7, 11) is 0. The van der Waals surface area contributed by atoms with Crippen LogP contribution in [0.3, 0.4) is 0 Å². The maximum absolute atomic E-state index is 13.4. The van der Waals surface area contributed by atoms with Crippen LogP contribution in [0.5, 0.6) is 0 Å². The molecule has 1 aliphatic heterocycles. The third-order valence-electron chi connectivity index (χ3n) is 4.46. The normalized spacial score (nSPS) is 21.6. The first-order chi connectivity index (χ1) is 11.4. The molecule has 0 aliphatic carbocycles. The number of carboxylic acid groups (broad SMARTS) is 1. The van der Waals surface area contributed by atoms with Crippen molar-refractivity contribution in [3.63, 3.8) is 0 Å². The van der Waals surface area contributed by atoms with Crippen molar-refractivity contribution in [3.05, 3.63) is 35.1 Å². The highest BCUT2D eigenvalue weighted by Gasteiger charge is 2.44. The van der Waals surface area contributed by atoms with Crippen LogP contribution in [0.25, 0.3) is 0 Å². The Balaban J connectivity index is 2.21. The van der Waals surface area contributed by atoms with Gasteiger partial charge in [0, 0.05) is 19.1 Å². The molecule has 1 aromatic rings. The second kappa shape index (κ2) is 6.82. The number of nitrogens with one attached hydrogen (secondary N) is 1. The number of halogens is 4. The summed E-state index contributed by atoms with van der Waals surface area (Å²) in [4.78, 5) is 12.7. The summed E-state index contributed by atoms with van der Waals surface area (Å²) in [5.74, 6) is -0.740. The van der Waals surface area contributed by atoms with Gasteiger partial charge in [-0.05, 0) is 35.6 Å². The van der Waals surface area contributed by atoms with Crippen molar-refractivity contribution in [2.24, 2.45) is 5.41 Å². The van der Waals surface area contributed by atoms with Crippen LogP contribution in [0.15, 0.2) is 18.2 Å². The lowest BCUT2D eigenvalue weighted by Gasteiger charge is -2.37. The Morgan fingerprint density at radius 2 is 1.96 bits per heavy atom. The zero-order valence-corrected chi connectivity index (χ0v) is 14.3. The second-order valence-electron chi connectivity index (χ2n) is 7.36. The van der Waals surface area contributed by atoms with E-state index in [1.54, 1.807) is 0 Å². The summed E-state index contributed by atoms with van der Waals surface area (Å²) in [6.45, 7) is 5.78. The van der Waals surface area contributed by atoms with Crippen LogP contribution in [0.2, 0.25) is 0 Å². The van der Waals surface area contributed by atoms with E-state index in [9.17, 15) is 27.5 Å². The summed E-state index contributed by atoms with van der Waals surface area (Å²) >= 11 is 0. The molecule has 2 N–H and O–H groups in total. The fourth-order valence-corrected chi connectivity index (χ4v) is 3.52. The molecule has 1 heterocycles. The van der Waals surface area contributed by atoms with Crippen LogP contribution >= 0.6 is 0 Å². The topological polar surface area (TPSA) is 52.6 Å². The number of benzene rings is 1. The molecule has 0 aromatic heterocycles. The molecule has 1 unspecified atom stereocenters. The molecule has 140 valence electrons. The van der Waals surface area contributed by atoms with Crippen LogP contribution < -0.4 is 5.32 Å². The predicted molar refractivity (Wildman–Crippen MR) is 84.6 cm³/mol. The predicted octanol–water partition coefficient (Wildman–Crippen LogP) is 4.10. The number of amides is 1. The van der Waals surface area contributed by atoms with Crippen molar-refractivity contribution in [1.29, 1.82) is 0 Å². The van der Waals surface area contributed by atoms with E-state index in [-0.39, 0.29) is 29.6 Å². The van der Waals surface area contributed by atoms with Crippen molar-refractivity contribution < 1.29 is 27.5 Å². The quantitative estimate of drug-likeness (QED) is 0.796.